The zero-order valence-corrected chi connectivity index (χ0v) is 34.4. The minimum atomic E-state index is 0.561. The van der Waals surface area contributed by atoms with Gasteiger partial charge in [0.1, 0.15) is 11.2 Å². The number of rotatable bonds is 4. The van der Waals surface area contributed by atoms with Crippen LogP contribution in [0.5, 0.6) is 0 Å². The molecule has 63 heavy (non-hydrogen) atoms. The summed E-state index contributed by atoms with van der Waals surface area (Å²) in [5.41, 5.74) is 7.68. The number of para-hydroxylation sites is 1. The number of hydrogen-bond donors (Lipinski definition) is 0. The van der Waals surface area contributed by atoms with Gasteiger partial charge in [-0.3, -0.25) is 0 Å². The van der Waals surface area contributed by atoms with Crippen LogP contribution in [0, 0.1) is 0 Å². The summed E-state index contributed by atoms with van der Waals surface area (Å²) < 4.78 is 12.0. The average molecular weight is 821 g/mol. The second kappa shape index (κ2) is 13.2. The number of benzene rings is 10. The number of hydrogen-bond acceptors (Lipinski definition) is 5. The van der Waals surface area contributed by atoms with Crippen molar-refractivity contribution in [2.24, 2.45) is 0 Å². The van der Waals surface area contributed by atoms with Gasteiger partial charge in [0.2, 0.25) is 0 Å². The molecular weight excluding hydrogens is 789 g/mol. The lowest BCUT2D eigenvalue weighted by Crippen LogP contribution is -2.00. The van der Waals surface area contributed by atoms with E-state index in [4.69, 9.17) is 19.4 Å². The Labute approximate surface area is 363 Å². The monoisotopic (exact) mass is 820 g/mol. The number of furan rings is 1. The highest BCUT2D eigenvalue weighted by Crippen LogP contribution is 2.45. The van der Waals surface area contributed by atoms with Crippen molar-refractivity contribution in [3.05, 3.63) is 194 Å². The Morgan fingerprint density at radius 2 is 1.02 bits per heavy atom. The largest absolute Gasteiger partial charge is 0.455 e. The standard InChI is InChI=1S/C57H32N4OS/c1-2-14-34(15-3-1)55-58-56(37-25-27-41-40-20-10-11-24-50(40)63-51(41)31-37)60-57(59-55)44-23-12-22-43-45-32-49(39-19-8-9-21-42(39)54(45)62-53(43)44)61-47-28-26-33-13-6-7-18-38(33)52(47)46-29-35-16-4-5-17-36(35)30-48(46)61/h1-32H. The van der Waals surface area contributed by atoms with E-state index in [1.54, 1.807) is 11.3 Å². The molecule has 0 aliphatic carbocycles. The van der Waals surface area contributed by atoms with Crippen molar-refractivity contribution in [2.45, 2.75) is 0 Å². The molecule has 4 heterocycles. The van der Waals surface area contributed by atoms with Gasteiger partial charge in [-0.2, -0.15) is 0 Å². The molecule has 0 saturated carbocycles. The Kier molecular flexibility index (Phi) is 7.21. The van der Waals surface area contributed by atoms with Gasteiger partial charge in [0.25, 0.3) is 0 Å². The topological polar surface area (TPSA) is 56.7 Å². The molecule has 14 aromatic rings. The van der Waals surface area contributed by atoms with Crippen molar-refractivity contribution >= 4 is 108 Å². The van der Waals surface area contributed by atoms with Crippen LogP contribution in [-0.4, -0.2) is 19.5 Å². The quantitative estimate of drug-likeness (QED) is 0.177. The maximum absolute atomic E-state index is 7.09. The molecule has 0 aliphatic rings. The third-order valence-corrected chi connectivity index (χ3v) is 13.9. The Morgan fingerprint density at radius 1 is 0.365 bits per heavy atom. The second-order valence-corrected chi connectivity index (χ2v) is 17.4. The van der Waals surface area contributed by atoms with Crippen LogP contribution in [0.3, 0.4) is 0 Å². The summed E-state index contributed by atoms with van der Waals surface area (Å²) in [6.07, 6.45) is 0. The predicted octanol–water partition coefficient (Wildman–Crippen LogP) is 15.7. The molecule has 0 bridgehead atoms. The van der Waals surface area contributed by atoms with E-state index in [2.05, 4.69) is 168 Å². The molecule has 6 heteroatoms. The van der Waals surface area contributed by atoms with E-state index in [1.807, 2.05) is 30.3 Å². The van der Waals surface area contributed by atoms with Gasteiger partial charge in [0.15, 0.2) is 17.5 Å². The van der Waals surface area contributed by atoms with Gasteiger partial charge < -0.3 is 8.98 Å². The van der Waals surface area contributed by atoms with E-state index in [0.29, 0.717) is 17.5 Å². The molecule has 0 radical (unpaired) electrons. The SMILES string of the molecule is c1ccc(-c2nc(-c3ccc4c(c3)sc3ccccc34)nc(-c3cccc4c3oc3c5ccccc5c(-n5c6cc7ccccc7cc6c6c7ccccc7ccc65)cc43)n2)cc1. The van der Waals surface area contributed by atoms with Crippen LogP contribution in [0.4, 0.5) is 0 Å². The maximum atomic E-state index is 7.09. The van der Waals surface area contributed by atoms with Crippen molar-refractivity contribution in [1.82, 2.24) is 19.5 Å². The number of thiophene rings is 1. The number of nitrogens with zero attached hydrogens (tertiary/aromatic N) is 4. The molecule has 10 aromatic carbocycles. The molecule has 0 unspecified atom stereocenters. The van der Waals surface area contributed by atoms with E-state index in [1.165, 1.54) is 52.5 Å². The summed E-state index contributed by atoms with van der Waals surface area (Å²) in [5, 5.41) is 14.1. The first-order chi connectivity index (χ1) is 31.2. The Bertz CT molecular complexity index is 4220. The fourth-order valence-corrected chi connectivity index (χ4v) is 11.0. The Hall–Kier alpha value is -8.19. The number of aromatic nitrogens is 4. The van der Waals surface area contributed by atoms with E-state index < -0.39 is 0 Å². The molecule has 0 N–H and O–H groups in total. The molecule has 14 rings (SSSR count). The molecule has 4 aromatic heterocycles. The van der Waals surface area contributed by atoms with Gasteiger partial charge in [-0.25, -0.2) is 15.0 Å². The second-order valence-electron chi connectivity index (χ2n) is 16.3. The first-order valence-electron chi connectivity index (χ1n) is 21.2. The predicted molar refractivity (Wildman–Crippen MR) is 263 cm³/mol. The Balaban J connectivity index is 1.03. The lowest BCUT2D eigenvalue weighted by Gasteiger charge is -2.13. The highest BCUT2D eigenvalue weighted by atomic mass is 32.1. The van der Waals surface area contributed by atoms with Gasteiger partial charge in [-0.15, -0.1) is 11.3 Å². The van der Waals surface area contributed by atoms with Crippen LogP contribution in [0.1, 0.15) is 0 Å². The van der Waals surface area contributed by atoms with Gasteiger partial charge in [-0.05, 0) is 64.0 Å². The Morgan fingerprint density at radius 3 is 1.87 bits per heavy atom. The average Bonchev–Trinajstić information content (AvgIpc) is 4.02. The van der Waals surface area contributed by atoms with Crippen LogP contribution < -0.4 is 0 Å². The lowest BCUT2D eigenvalue weighted by atomic mass is 10.0. The van der Waals surface area contributed by atoms with Crippen molar-refractivity contribution in [2.75, 3.05) is 0 Å². The van der Waals surface area contributed by atoms with Gasteiger partial charge in [0.05, 0.1) is 22.3 Å². The first-order valence-corrected chi connectivity index (χ1v) is 22.0. The zero-order valence-electron chi connectivity index (χ0n) is 33.6. The molecule has 0 fully saturated rings. The summed E-state index contributed by atoms with van der Waals surface area (Å²) in [6.45, 7) is 0. The van der Waals surface area contributed by atoms with Crippen LogP contribution in [0.25, 0.3) is 136 Å². The van der Waals surface area contributed by atoms with Crippen molar-refractivity contribution in [3.63, 3.8) is 0 Å². The maximum Gasteiger partial charge on any atom is 0.167 e. The third kappa shape index (κ3) is 5.13. The first kappa shape index (κ1) is 34.5. The van der Waals surface area contributed by atoms with Crippen molar-refractivity contribution in [3.8, 4) is 39.9 Å². The molecule has 5 nitrogen and oxygen atoms in total. The van der Waals surface area contributed by atoms with Crippen LogP contribution in [-0.2, 0) is 0 Å². The van der Waals surface area contributed by atoms with Crippen LogP contribution >= 0.6 is 11.3 Å². The molecule has 0 atom stereocenters. The fraction of sp³-hybridized carbons (Fsp3) is 0. The molecular formula is C57H32N4OS. The fourth-order valence-electron chi connectivity index (χ4n) is 9.90. The summed E-state index contributed by atoms with van der Waals surface area (Å²) in [5.74, 6) is 1.79. The van der Waals surface area contributed by atoms with Crippen molar-refractivity contribution < 1.29 is 4.42 Å². The number of fused-ring (bicyclic) bond motifs is 14. The highest BCUT2D eigenvalue weighted by molar-refractivity contribution is 7.25. The van der Waals surface area contributed by atoms with Gasteiger partial charge in [-0.1, -0.05) is 152 Å². The summed E-state index contributed by atoms with van der Waals surface area (Å²) >= 11 is 1.79. The highest BCUT2D eigenvalue weighted by Gasteiger charge is 2.23. The van der Waals surface area contributed by atoms with Gasteiger partial charge in [0, 0.05) is 63.6 Å². The van der Waals surface area contributed by atoms with Crippen LogP contribution in [0.2, 0.25) is 0 Å². The normalized spacial score (nSPS) is 12.1. The molecule has 292 valence electrons. The van der Waals surface area contributed by atoms with Crippen LogP contribution in [0.15, 0.2) is 199 Å². The summed E-state index contributed by atoms with van der Waals surface area (Å²) in [7, 11) is 0. The molecule has 0 aliphatic heterocycles. The molecule has 0 amide bonds. The van der Waals surface area contributed by atoms with Crippen molar-refractivity contribution in [1.29, 1.82) is 0 Å². The lowest BCUT2D eigenvalue weighted by molar-refractivity contribution is 0.673. The van der Waals surface area contributed by atoms with E-state index in [9.17, 15) is 0 Å². The zero-order chi connectivity index (χ0) is 41.2. The molecule has 0 spiro atoms. The van der Waals surface area contributed by atoms with Gasteiger partial charge >= 0.3 is 0 Å². The minimum Gasteiger partial charge on any atom is -0.455 e. The molecule has 0 saturated heterocycles. The summed E-state index contributed by atoms with van der Waals surface area (Å²) in [6, 6.07) is 69.2. The van der Waals surface area contributed by atoms with E-state index >= 15 is 0 Å². The summed E-state index contributed by atoms with van der Waals surface area (Å²) in [4.78, 5) is 15.5. The minimum absolute atomic E-state index is 0.561. The third-order valence-electron chi connectivity index (χ3n) is 12.8. The van der Waals surface area contributed by atoms with E-state index in [-0.39, 0.29) is 0 Å². The van der Waals surface area contributed by atoms with E-state index in [0.717, 1.165) is 66.1 Å². The smallest absolute Gasteiger partial charge is 0.167 e.